The van der Waals surface area contributed by atoms with Crippen LogP contribution in [0, 0.1) is 0 Å². The summed E-state index contributed by atoms with van der Waals surface area (Å²) in [4.78, 5) is 4.95. The van der Waals surface area contributed by atoms with Crippen molar-refractivity contribution >= 4 is 56.4 Å². The maximum Gasteiger partial charge on any atom is 0.205 e. The van der Waals surface area contributed by atoms with Crippen molar-refractivity contribution in [2.45, 2.75) is 12.3 Å². The largest absolute Gasteiger partial charge is 0.369 e. The fraction of sp³-hybridized carbons (Fsp3) is 0.0339. The van der Waals surface area contributed by atoms with Crippen molar-refractivity contribution in [1.82, 2.24) is 9.13 Å². The number of nitrogens with two attached hydrogens (primary N) is 1. The second-order valence-corrected chi connectivity index (χ2v) is 16.2. The van der Waals surface area contributed by atoms with E-state index in [1.54, 1.807) is 0 Å². The number of hydrogen-bond acceptors (Lipinski definition) is 1. The molecule has 10 aromatic rings. The van der Waals surface area contributed by atoms with Crippen LogP contribution in [-0.2, 0) is 0 Å². The number of aromatic nitrogens is 2. The van der Waals surface area contributed by atoms with Crippen molar-refractivity contribution in [2.24, 2.45) is 10.7 Å². The Balaban J connectivity index is 0.955. The number of hydrogen-bond donors (Lipinski definition) is 1. The summed E-state index contributed by atoms with van der Waals surface area (Å²) in [6, 6.07) is 71.3. The predicted octanol–water partition coefficient (Wildman–Crippen LogP) is 12.9. The summed E-state index contributed by atoms with van der Waals surface area (Å²) in [5, 5.41) is 5.92. The first-order valence-electron chi connectivity index (χ1n) is 21.5. The van der Waals surface area contributed by atoms with Crippen LogP contribution in [0.1, 0.15) is 23.5 Å². The van der Waals surface area contributed by atoms with E-state index in [-0.39, 0.29) is 5.92 Å². The van der Waals surface area contributed by atoms with E-state index in [4.69, 9.17) is 10.7 Å². The van der Waals surface area contributed by atoms with Gasteiger partial charge in [0.2, 0.25) is 5.96 Å². The van der Waals surface area contributed by atoms with Crippen molar-refractivity contribution in [1.29, 1.82) is 0 Å². The second kappa shape index (κ2) is 16.0. The summed E-state index contributed by atoms with van der Waals surface area (Å²) in [6.07, 6.45) is 9.30. The molecule has 0 saturated heterocycles. The molecule has 0 radical (unpaired) electrons. The maximum atomic E-state index is 6.99. The third kappa shape index (κ3) is 6.79. The van der Waals surface area contributed by atoms with Gasteiger partial charge in [0.15, 0.2) is 0 Å². The molecular formula is C59H44N4. The van der Waals surface area contributed by atoms with Gasteiger partial charge in [0.25, 0.3) is 0 Å². The molecule has 1 unspecified atom stereocenters. The lowest BCUT2D eigenvalue weighted by atomic mass is 9.90. The lowest BCUT2D eigenvalue weighted by molar-refractivity contribution is 0.913. The Morgan fingerprint density at radius 1 is 0.556 bits per heavy atom. The lowest BCUT2D eigenvalue weighted by Gasteiger charge is -2.15. The molecule has 11 rings (SSSR count). The van der Waals surface area contributed by atoms with Crippen LogP contribution in [0.3, 0.4) is 0 Å². The summed E-state index contributed by atoms with van der Waals surface area (Å²) in [6.45, 7) is 4.21. The third-order valence-corrected chi connectivity index (χ3v) is 12.5. The van der Waals surface area contributed by atoms with E-state index in [2.05, 4.69) is 222 Å². The summed E-state index contributed by atoms with van der Waals surface area (Å²) < 4.78 is 4.47. The van der Waals surface area contributed by atoms with Crippen LogP contribution in [0.5, 0.6) is 0 Å². The molecule has 0 spiro atoms. The van der Waals surface area contributed by atoms with Crippen LogP contribution in [0.25, 0.3) is 89.5 Å². The molecule has 2 N–H and O–H groups in total. The highest BCUT2D eigenvalue weighted by molar-refractivity contribution is 6.09. The Hall–Kier alpha value is -8.21. The molecule has 63 heavy (non-hydrogen) atoms. The Kier molecular flexibility index (Phi) is 9.59. The van der Waals surface area contributed by atoms with E-state index in [0.717, 1.165) is 61.8 Å². The number of rotatable bonds is 8. The van der Waals surface area contributed by atoms with Gasteiger partial charge in [-0.3, -0.25) is 4.57 Å². The van der Waals surface area contributed by atoms with Crippen LogP contribution in [-0.4, -0.2) is 15.1 Å². The van der Waals surface area contributed by atoms with Gasteiger partial charge in [-0.15, -0.1) is 0 Å². The third-order valence-electron chi connectivity index (χ3n) is 12.5. The fourth-order valence-electron chi connectivity index (χ4n) is 9.47. The minimum atomic E-state index is 0.203. The normalized spacial score (nSPS) is 14.1. The van der Waals surface area contributed by atoms with E-state index < -0.39 is 0 Å². The van der Waals surface area contributed by atoms with Crippen molar-refractivity contribution in [3.63, 3.8) is 0 Å². The first-order chi connectivity index (χ1) is 31.1. The van der Waals surface area contributed by atoms with Gasteiger partial charge in [-0.2, -0.15) is 0 Å². The van der Waals surface area contributed by atoms with Gasteiger partial charge in [0, 0.05) is 39.2 Å². The minimum absolute atomic E-state index is 0.203. The molecule has 300 valence electrons. The molecule has 4 heteroatoms. The van der Waals surface area contributed by atoms with Gasteiger partial charge in [-0.25, -0.2) is 4.99 Å². The minimum Gasteiger partial charge on any atom is -0.369 e. The van der Waals surface area contributed by atoms with Crippen LogP contribution in [0.4, 0.5) is 0 Å². The number of para-hydroxylation sites is 3. The van der Waals surface area contributed by atoms with Crippen LogP contribution in [0.2, 0.25) is 0 Å². The molecule has 0 amide bonds. The zero-order valence-electron chi connectivity index (χ0n) is 34.8. The smallest absolute Gasteiger partial charge is 0.205 e. The quantitative estimate of drug-likeness (QED) is 0.0928. The van der Waals surface area contributed by atoms with E-state index in [1.165, 1.54) is 43.7 Å². The Morgan fingerprint density at radius 2 is 1.16 bits per heavy atom. The predicted molar refractivity (Wildman–Crippen MR) is 266 cm³/mol. The Labute approximate surface area is 366 Å². The maximum absolute atomic E-state index is 6.99. The monoisotopic (exact) mass is 808 g/mol. The van der Waals surface area contributed by atoms with E-state index in [9.17, 15) is 0 Å². The second-order valence-electron chi connectivity index (χ2n) is 16.2. The molecule has 1 aliphatic carbocycles. The molecule has 0 fully saturated rings. The Morgan fingerprint density at radius 3 is 1.90 bits per heavy atom. The fourth-order valence-corrected chi connectivity index (χ4v) is 9.47. The van der Waals surface area contributed by atoms with Crippen LogP contribution < -0.4 is 16.3 Å². The molecule has 0 bridgehead atoms. The zero-order chi connectivity index (χ0) is 42.3. The van der Waals surface area contributed by atoms with Gasteiger partial charge in [-0.05, 0) is 99.0 Å². The summed E-state index contributed by atoms with van der Waals surface area (Å²) in [5.41, 5.74) is 21.8. The zero-order valence-corrected chi connectivity index (χ0v) is 34.8. The van der Waals surface area contributed by atoms with Gasteiger partial charge in [-0.1, -0.05) is 183 Å². The van der Waals surface area contributed by atoms with Crippen molar-refractivity contribution < 1.29 is 0 Å². The van der Waals surface area contributed by atoms with Crippen LogP contribution in [0.15, 0.2) is 224 Å². The summed E-state index contributed by atoms with van der Waals surface area (Å²) >= 11 is 0. The van der Waals surface area contributed by atoms with Crippen molar-refractivity contribution in [3.8, 4) is 39.1 Å². The molecule has 1 aliphatic rings. The molecule has 8 aromatic carbocycles. The van der Waals surface area contributed by atoms with E-state index in [1.807, 2.05) is 18.3 Å². The molecule has 2 heterocycles. The number of nitrogens with zero attached hydrogens (tertiary/aromatic N) is 3. The molecule has 0 saturated carbocycles. The molecule has 4 nitrogen and oxygen atoms in total. The SMILES string of the molecule is C=C/C(=C\N=C(N)n1c2c(c3ccccc31)=CC(c1ccc3c(c1)c1ccccc1n3-c1ccccc1)CC=2)c1ccc(-c2ccc(-c3ccccc3)cc2)c(-c2ccccc2)c1. The number of fused-ring (bicyclic) bond motifs is 6. The van der Waals surface area contributed by atoms with Crippen molar-refractivity contribution in [2.75, 3.05) is 0 Å². The molecule has 0 aliphatic heterocycles. The van der Waals surface area contributed by atoms with E-state index in [0.29, 0.717) is 5.96 Å². The molecule has 1 atom stereocenters. The first kappa shape index (κ1) is 37.8. The number of benzene rings is 8. The Bertz CT molecular complexity index is 3540. The van der Waals surface area contributed by atoms with E-state index >= 15 is 0 Å². The highest BCUT2D eigenvalue weighted by Gasteiger charge is 2.20. The average molecular weight is 809 g/mol. The summed E-state index contributed by atoms with van der Waals surface area (Å²) in [5.74, 6) is 0.609. The highest BCUT2D eigenvalue weighted by atomic mass is 15.1. The van der Waals surface area contributed by atoms with Gasteiger partial charge >= 0.3 is 0 Å². The van der Waals surface area contributed by atoms with Gasteiger partial charge < -0.3 is 10.3 Å². The standard InChI is InChI=1S/C59H44N4/c1-2-40(45-30-33-49(52(36-45)43-18-8-4-9-19-43)44-28-26-42(27-29-44)41-16-6-3-7-17-41)39-61-59(60)63-56-25-15-13-23-51(56)54-38-47(32-35-58(54)63)46-31-34-57-53(37-46)50-22-12-14-24-55(50)62(57)48-20-10-5-11-21-48/h2-31,33-39,47H,1,32H2,(H2,60,61)/b40-39+. The lowest BCUT2D eigenvalue weighted by Crippen LogP contribution is -2.38. The van der Waals surface area contributed by atoms with Gasteiger partial charge in [0.1, 0.15) is 0 Å². The first-order valence-corrected chi connectivity index (χ1v) is 21.5. The molecule has 2 aromatic heterocycles. The average Bonchev–Trinajstić information content (AvgIpc) is 3.87. The summed E-state index contributed by atoms with van der Waals surface area (Å²) in [7, 11) is 0. The topological polar surface area (TPSA) is 48.2 Å². The molecular weight excluding hydrogens is 765 g/mol. The van der Waals surface area contributed by atoms with Crippen LogP contribution >= 0.6 is 0 Å². The number of allylic oxidation sites excluding steroid dienone is 2. The number of aliphatic imine (C=N–C) groups is 1. The van der Waals surface area contributed by atoms with Gasteiger partial charge in [0.05, 0.1) is 21.9 Å². The van der Waals surface area contributed by atoms with Crippen molar-refractivity contribution in [3.05, 3.63) is 241 Å². The highest BCUT2D eigenvalue weighted by Crippen LogP contribution is 2.37.